The van der Waals surface area contributed by atoms with Gasteiger partial charge >= 0.3 is 6.18 Å². The van der Waals surface area contributed by atoms with Crippen LogP contribution in [-0.2, 0) is 24.1 Å². The number of amides is 1. The van der Waals surface area contributed by atoms with Crippen molar-refractivity contribution in [3.05, 3.63) is 45.9 Å². The van der Waals surface area contributed by atoms with Crippen LogP contribution < -0.4 is 11.3 Å². The molecule has 0 spiro atoms. The van der Waals surface area contributed by atoms with Crippen molar-refractivity contribution in [1.82, 2.24) is 9.47 Å². The van der Waals surface area contributed by atoms with Gasteiger partial charge in [0.1, 0.15) is 0 Å². The quantitative estimate of drug-likeness (QED) is 0.806. The Morgan fingerprint density at radius 3 is 2.44 bits per heavy atom. The van der Waals surface area contributed by atoms with Gasteiger partial charge in [0.2, 0.25) is 5.91 Å². The number of carbonyl (C=O) groups is 1. The zero-order valence-electron chi connectivity index (χ0n) is 16.1. The SMILES string of the molecule is CCC.CC[C@H](N)/C=C\CC(=O)N1CCn2c(cc(C(F)(F)F)cc2=O)C1. The van der Waals surface area contributed by atoms with Gasteiger partial charge in [0.15, 0.2) is 0 Å². The van der Waals surface area contributed by atoms with Gasteiger partial charge in [-0.15, -0.1) is 0 Å². The van der Waals surface area contributed by atoms with E-state index in [0.717, 1.165) is 12.5 Å². The lowest BCUT2D eigenvalue weighted by Gasteiger charge is -2.30. The van der Waals surface area contributed by atoms with Gasteiger partial charge in [-0.05, 0) is 12.5 Å². The molecule has 0 radical (unpaired) electrons. The van der Waals surface area contributed by atoms with Crippen molar-refractivity contribution in [3.8, 4) is 0 Å². The molecule has 2 N–H and O–H groups in total. The van der Waals surface area contributed by atoms with E-state index in [1.54, 1.807) is 12.2 Å². The average Bonchev–Trinajstić information content (AvgIpc) is 2.60. The molecular weight excluding hydrogens is 359 g/mol. The molecule has 1 amide bonds. The van der Waals surface area contributed by atoms with Crippen LogP contribution in [0.5, 0.6) is 0 Å². The average molecular weight is 387 g/mol. The summed E-state index contributed by atoms with van der Waals surface area (Å²) >= 11 is 0. The predicted octanol–water partition coefficient (Wildman–Crippen LogP) is 3.31. The normalized spacial score (nSPS) is 15.1. The molecule has 1 aliphatic heterocycles. The number of nitrogens with zero attached hydrogens (tertiary/aromatic N) is 2. The fourth-order valence-corrected chi connectivity index (χ4v) is 2.52. The Bertz CT molecular complexity index is 711. The minimum atomic E-state index is -4.58. The number of rotatable bonds is 4. The summed E-state index contributed by atoms with van der Waals surface area (Å²) in [6.07, 6.45) is 0.967. The lowest BCUT2D eigenvalue weighted by molar-refractivity contribution is -0.137. The Balaban J connectivity index is 0.00000114. The highest BCUT2D eigenvalue weighted by Crippen LogP contribution is 2.29. The summed E-state index contributed by atoms with van der Waals surface area (Å²) < 4.78 is 39.7. The van der Waals surface area contributed by atoms with E-state index in [-0.39, 0.29) is 37.2 Å². The maximum atomic E-state index is 12.8. The second-order valence-electron chi connectivity index (χ2n) is 6.45. The molecule has 8 heteroatoms. The summed E-state index contributed by atoms with van der Waals surface area (Å²) in [5.41, 5.74) is 4.24. The Morgan fingerprint density at radius 1 is 1.26 bits per heavy atom. The Kier molecular flexibility index (Phi) is 8.75. The topological polar surface area (TPSA) is 68.3 Å². The standard InChI is InChI=1S/C16H20F3N3O2.C3H8/c1-2-12(20)4-3-5-14(23)21-6-7-22-13(10-21)8-11(9-15(22)24)16(17,18)19;1-3-2/h3-4,8-9,12H,2,5-7,10,20H2,1H3;3H2,1-2H3/b4-3-;/t12-;/m0./s1. The molecule has 1 atom stereocenters. The molecule has 0 aromatic carbocycles. The fraction of sp³-hybridized carbons (Fsp3) is 0.579. The van der Waals surface area contributed by atoms with Crippen molar-refractivity contribution in [2.75, 3.05) is 6.54 Å². The van der Waals surface area contributed by atoms with Gasteiger partial charge in [0.25, 0.3) is 5.56 Å². The summed E-state index contributed by atoms with van der Waals surface area (Å²) in [6, 6.07) is 1.41. The minimum absolute atomic E-state index is 0.00827. The van der Waals surface area contributed by atoms with Crippen LogP contribution in [0.2, 0.25) is 0 Å². The molecule has 0 fully saturated rings. The summed E-state index contributed by atoms with van der Waals surface area (Å²) in [5.74, 6) is -0.203. The second-order valence-corrected chi connectivity index (χ2v) is 6.45. The van der Waals surface area contributed by atoms with Gasteiger partial charge in [0.05, 0.1) is 12.1 Å². The van der Waals surface area contributed by atoms with E-state index in [1.807, 2.05) is 6.92 Å². The molecule has 2 heterocycles. The smallest absolute Gasteiger partial charge is 0.335 e. The van der Waals surface area contributed by atoms with Crippen molar-refractivity contribution in [3.63, 3.8) is 0 Å². The molecule has 2 rings (SSSR count). The third-order valence-electron chi connectivity index (χ3n) is 3.99. The summed E-state index contributed by atoms with van der Waals surface area (Å²) in [5, 5.41) is 0. The zero-order chi connectivity index (χ0) is 20.6. The van der Waals surface area contributed by atoms with Crippen LogP contribution in [0, 0.1) is 0 Å². The van der Waals surface area contributed by atoms with Crippen LogP contribution in [0.15, 0.2) is 29.1 Å². The number of pyridine rings is 1. The summed E-state index contributed by atoms with van der Waals surface area (Å²) in [7, 11) is 0. The number of hydrogen-bond acceptors (Lipinski definition) is 3. The van der Waals surface area contributed by atoms with Gasteiger partial charge in [-0.1, -0.05) is 39.3 Å². The zero-order valence-corrected chi connectivity index (χ0v) is 16.1. The highest BCUT2D eigenvalue weighted by atomic mass is 19.4. The van der Waals surface area contributed by atoms with Gasteiger partial charge in [-0.25, -0.2) is 0 Å². The Hall–Kier alpha value is -2.09. The second kappa shape index (κ2) is 10.3. The van der Waals surface area contributed by atoms with Crippen molar-refractivity contribution < 1.29 is 18.0 Å². The third-order valence-corrected chi connectivity index (χ3v) is 3.99. The first-order chi connectivity index (χ1) is 12.6. The number of alkyl halides is 3. The van der Waals surface area contributed by atoms with E-state index in [4.69, 9.17) is 5.73 Å². The van der Waals surface area contributed by atoms with E-state index >= 15 is 0 Å². The first-order valence-electron chi connectivity index (χ1n) is 9.14. The molecule has 0 unspecified atom stereocenters. The number of carbonyl (C=O) groups excluding carboxylic acids is 1. The van der Waals surface area contributed by atoms with Crippen molar-refractivity contribution in [2.45, 2.75) is 65.3 Å². The van der Waals surface area contributed by atoms with Crippen molar-refractivity contribution in [1.29, 1.82) is 0 Å². The molecule has 1 aliphatic rings. The van der Waals surface area contributed by atoms with Crippen LogP contribution in [0.25, 0.3) is 0 Å². The molecule has 0 aliphatic carbocycles. The third kappa shape index (κ3) is 6.86. The first-order valence-corrected chi connectivity index (χ1v) is 9.14. The first kappa shape index (κ1) is 23.0. The number of nitrogens with two attached hydrogens (primary N) is 1. The van der Waals surface area contributed by atoms with Crippen LogP contribution in [-0.4, -0.2) is 28.0 Å². The van der Waals surface area contributed by atoms with Crippen LogP contribution in [0.4, 0.5) is 13.2 Å². The van der Waals surface area contributed by atoms with Gasteiger partial charge in [-0.3, -0.25) is 9.59 Å². The highest BCUT2D eigenvalue weighted by molar-refractivity contribution is 5.77. The molecule has 0 bridgehead atoms. The monoisotopic (exact) mass is 387 g/mol. The Labute approximate surface area is 157 Å². The van der Waals surface area contributed by atoms with Crippen molar-refractivity contribution >= 4 is 5.91 Å². The van der Waals surface area contributed by atoms with E-state index in [9.17, 15) is 22.8 Å². The summed E-state index contributed by atoms with van der Waals surface area (Å²) in [4.78, 5) is 25.4. The maximum absolute atomic E-state index is 12.8. The van der Waals surface area contributed by atoms with Crippen LogP contribution >= 0.6 is 0 Å². The minimum Gasteiger partial charge on any atom is -0.335 e. The lowest BCUT2D eigenvalue weighted by Crippen LogP contribution is -2.42. The molecule has 5 nitrogen and oxygen atoms in total. The van der Waals surface area contributed by atoms with E-state index in [1.165, 1.54) is 15.9 Å². The Morgan fingerprint density at radius 2 is 1.89 bits per heavy atom. The van der Waals surface area contributed by atoms with Gasteiger partial charge in [-0.2, -0.15) is 13.2 Å². The number of fused-ring (bicyclic) bond motifs is 1. The number of aromatic nitrogens is 1. The molecule has 27 heavy (non-hydrogen) atoms. The molecule has 152 valence electrons. The van der Waals surface area contributed by atoms with Crippen LogP contribution in [0.3, 0.4) is 0 Å². The van der Waals surface area contributed by atoms with E-state index in [2.05, 4.69) is 13.8 Å². The van der Waals surface area contributed by atoms with Gasteiger partial charge in [0, 0.05) is 37.3 Å². The number of halogens is 3. The highest BCUT2D eigenvalue weighted by Gasteiger charge is 2.33. The molecule has 0 saturated carbocycles. The largest absolute Gasteiger partial charge is 0.416 e. The van der Waals surface area contributed by atoms with Crippen LogP contribution in [0.1, 0.15) is 51.3 Å². The lowest BCUT2D eigenvalue weighted by atomic mass is 10.1. The summed E-state index contributed by atoms with van der Waals surface area (Å²) in [6.45, 7) is 6.65. The molecular formula is C19H28F3N3O2. The number of hydrogen-bond donors (Lipinski definition) is 1. The molecule has 1 aromatic rings. The van der Waals surface area contributed by atoms with Crippen molar-refractivity contribution in [2.24, 2.45) is 5.73 Å². The maximum Gasteiger partial charge on any atom is 0.416 e. The fourth-order valence-electron chi connectivity index (χ4n) is 2.52. The predicted molar refractivity (Wildman–Crippen MR) is 99.1 cm³/mol. The van der Waals surface area contributed by atoms with Gasteiger partial charge < -0.3 is 15.2 Å². The molecule has 1 aromatic heterocycles. The molecule has 0 saturated heterocycles. The van der Waals surface area contributed by atoms with E-state index < -0.39 is 17.3 Å². The van der Waals surface area contributed by atoms with E-state index in [0.29, 0.717) is 12.6 Å².